The van der Waals surface area contributed by atoms with Crippen LogP contribution in [0.2, 0.25) is 0 Å². The van der Waals surface area contributed by atoms with E-state index in [9.17, 15) is 18.0 Å². The van der Waals surface area contributed by atoms with E-state index >= 15 is 0 Å². The number of morpholine rings is 1. The highest BCUT2D eigenvalue weighted by molar-refractivity contribution is 7.10. The first-order valence-electron chi connectivity index (χ1n) is 9.57. The van der Waals surface area contributed by atoms with Crippen molar-refractivity contribution in [3.63, 3.8) is 0 Å². The molecule has 0 saturated carbocycles. The zero-order valence-corrected chi connectivity index (χ0v) is 18.3. The predicted molar refractivity (Wildman–Crippen MR) is 113 cm³/mol. The van der Waals surface area contributed by atoms with Crippen LogP contribution in [0.4, 0.5) is 19.0 Å². The van der Waals surface area contributed by atoms with Gasteiger partial charge in [0.1, 0.15) is 11.9 Å². The summed E-state index contributed by atoms with van der Waals surface area (Å²) in [7, 11) is 1.98. The Labute approximate surface area is 187 Å². The first-order chi connectivity index (χ1) is 15.1. The highest BCUT2D eigenvalue weighted by atomic mass is 32.1. The number of hydrogen-bond donors (Lipinski definition) is 1. The van der Waals surface area contributed by atoms with E-state index < -0.39 is 12.1 Å². The second-order valence-electron chi connectivity index (χ2n) is 6.56. The summed E-state index contributed by atoms with van der Waals surface area (Å²) < 4.78 is 37.3. The van der Waals surface area contributed by atoms with Gasteiger partial charge in [0.15, 0.2) is 5.82 Å². The van der Waals surface area contributed by atoms with Crippen molar-refractivity contribution in [1.29, 1.82) is 0 Å². The van der Waals surface area contributed by atoms with Crippen LogP contribution in [-0.4, -0.2) is 71.4 Å². The van der Waals surface area contributed by atoms with Crippen LogP contribution in [0.3, 0.4) is 0 Å². The maximum Gasteiger partial charge on any atom is 0.490 e. The molecule has 0 aliphatic carbocycles. The highest BCUT2D eigenvalue weighted by Crippen LogP contribution is 2.23. The minimum absolute atomic E-state index is 0.0421. The van der Waals surface area contributed by atoms with Gasteiger partial charge in [-0.05, 0) is 30.5 Å². The van der Waals surface area contributed by atoms with Crippen LogP contribution in [0, 0.1) is 0 Å². The smallest absolute Gasteiger partial charge is 0.475 e. The van der Waals surface area contributed by atoms with Gasteiger partial charge in [0.2, 0.25) is 5.91 Å². The van der Waals surface area contributed by atoms with Gasteiger partial charge in [0, 0.05) is 37.3 Å². The van der Waals surface area contributed by atoms with Gasteiger partial charge in [-0.15, -0.1) is 11.3 Å². The Morgan fingerprint density at radius 1 is 1.41 bits per heavy atom. The maximum absolute atomic E-state index is 12.7. The molecule has 1 aliphatic rings. The molecule has 174 valence electrons. The van der Waals surface area contributed by atoms with Gasteiger partial charge in [0.05, 0.1) is 13.2 Å². The van der Waals surface area contributed by atoms with Gasteiger partial charge in [-0.1, -0.05) is 6.07 Å². The minimum atomic E-state index is -5.08. The molecule has 3 rings (SSSR count). The molecule has 3 heterocycles. The second-order valence-corrected chi connectivity index (χ2v) is 7.54. The number of hydrogen-bond acceptors (Lipinski definition) is 7. The van der Waals surface area contributed by atoms with E-state index in [1.165, 1.54) is 0 Å². The molecule has 1 fully saturated rings. The molecule has 12 heteroatoms. The topological polar surface area (TPSA) is 95.9 Å². The predicted octanol–water partition coefficient (Wildman–Crippen LogP) is 3.24. The summed E-state index contributed by atoms with van der Waals surface area (Å²) in [4.78, 5) is 35.5. The Morgan fingerprint density at radius 3 is 2.72 bits per heavy atom. The lowest BCUT2D eigenvalue weighted by atomic mass is 10.2. The largest absolute Gasteiger partial charge is 0.490 e. The number of halogens is 3. The van der Waals surface area contributed by atoms with Crippen LogP contribution in [0.1, 0.15) is 23.7 Å². The summed E-state index contributed by atoms with van der Waals surface area (Å²) in [6, 6.07) is 5.56. The second kappa shape index (κ2) is 11.6. The summed E-state index contributed by atoms with van der Waals surface area (Å²) in [5, 5.41) is 9.12. The van der Waals surface area contributed by atoms with Gasteiger partial charge >= 0.3 is 12.1 Å². The number of anilines is 1. The third kappa shape index (κ3) is 7.31. The molecule has 0 radical (unpaired) electrons. The van der Waals surface area contributed by atoms with E-state index in [4.69, 9.17) is 14.6 Å². The Balaban J connectivity index is 0.000000451. The fourth-order valence-corrected chi connectivity index (χ4v) is 3.23. The summed E-state index contributed by atoms with van der Waals surface area (Å²) in [5.74, 6) is -1.33. The molecule has 0 spiro atoms. The number of carboxylic acid groups (broad SMARTS) is 1. The number of carboxylic acids is 1. The average Bonchev–Trinajstić information content (AvgIpc) is 3.30. The Hall–Kier alpha value is -2.99. The number of carbonyl (C=O) groups excluding carboxylic acids is 1. The Bertz CT molecular complexity index is 922. The van der Waals surface area contributed by atoms with Crippen molar-refractivity contribution >= 4 is 35.1 Å². The number of alkyl halides is 3. The summed E-state index contributed by atoms with van der Waals surface area (Å²) in [5.41, 5.74) is 0. The van der Waals surface area contributed by atoms with E-state index in [1.807, 2.05) is 41.6 Å². The molecule has 2 aromatic rings. The number of amides is 1. The molecule has 1 amide bonds. The maximum atomic E-state index is 12.7. The van der Waals surface area contributed by atoms with Crippen LogP contribution in [0.15, 0.2) is 35.9 Å². The van der Waals surface area contributed by atoms with Crippen molar-refractivity contribution in [2.75, 3.05) is 38.3 Å². The van der Waals surface area contributed by atoms with E-state index in [1.54, 1.807) is 28.5 Å². The molecule has 1 N–H and O–H groups in total. The molecule has 1 aliphatic heterocycles. The number of carbonyl (C=O) groups is 2. The highest BCUT2D eigenvalue weighted by Gasteiger charge is 2.38. The fourth-order valence-electron chi connectivity index (χ4n) is 2.62. The lowest BCUT2D eigenvalue weighted by Crippen LogP contribution is -2.43. The molecule has 0 aromatic carbocycles. The number of aliphatic carboxylic acids is 1. The summed E-state index contributed by atoms with van der Waals surface area (Å²) >= 11 is 1.60. The first-order valence-corrected chi connectivity index (χ1v) is 10.5. The molecular formula is C20H23F3N4O4S. The van der Waals surface area contributed by atoms with Gasteiger partial charge in [-0.25, -0.2) is 14.8 Å². The Morgan fingerprint density at radius 2 is 2.12 bits per heavy atom. The molecular weight excluding hydrogens is 449 g/mol. The van der Waals surface area contributed by atoms with Gasteiger partial charge in [0.25, 0.3) is 0 Å². The van der Waals surface area contributed by atoms with Crippen molar-refractivity contribution < 1.29 is 32.6 Å². The average molecular weight is 472 g/mol. The van der Waals surface area contributed by atoms with Crippen molar-refractivity contribution in [3.05, 3.63) is 46.6 Å². The molecule has 8 nitrogen and oxygen atoms in total. The van der Waals surface area contributed by atoms with Crippen molar-refractivity contribution in [3.8, 4) is 0 Å². The third-order valence-electron chi connectivity index (χ3n) is 4.41. The molecule has 32 heavy (non-hydrogen) atoms. The molecule has 1 atom stereocenters. The number of aromatic nitrogens is 2. The fraction of sp³-hybridized carbons (Fsp3) is 0.400. The number of ether oxygens (including phenoxy) is 1. The zero-order chi connectivity index (χ0) is 23.7. The van der Waals surface area contributed by atoms with Gasteiger partial charge in [-0.2, -0.15) is 13.2 Å². The number of nitrogens with zero attached hydrogens (tertiary/aromatic N) is 4. The first kappa shape index (κ1) is 25.3. The monoisotopic (exact) mass is 472 g/mol. The third-order valence-corrected chi connectivity index (χ3v) is 5.25. The van der Waals surface area contributed by atoms with Crippen LogP contribution >= 0.6 is 11.3 Å². The standard InChI is InChI=1S/C18H22N4O2S.C2HF3O2/c1-3-21(2)16-8-9-19-18(20-16)15-13-24-11-10-22(15)17(23)7-6-14-5-4-12-25-14;3-2(4,5)1(6)7/h4-9,12,15H,3,10-11,13H2,1-2H3;(H,6,7)/b7-6+;. The van der Waals surface area contributed by atoms with Crippen LogP contribution in [0.5, 0.6) is 0 Å². The number of thiophene rings is 1. The van der Waals surface area contributed by atoms with Crippen LogP contribution < -0.4 is 4.90 Å². The summed E-state index contributed by atoms with van der Waals surface area (Å²) in [6.07, 6.45) is 0.121. The van der Waals surface area contributed by atoms with Crippen molar-refractivity contribution in [2.45, 2.75) is 19.1 Å². The lowest BCUT2D eigenvalue weighted by Gasteiger charge is -2.34. The molecule has 1 saturated heterocycles. The minimum Gasteiger partial charge on any atom is -0.475 e. The van der Waals surface area contributed by atoms with Crippen molar-refractivity contribution in [1.82, 2.24) is 14.9 Å². The van der Waals surface area contributed by atoms with Crippen molar-refractivity contribution in [2.24, 2.45) is 0 Å². The van der Waals surface area contributed by atoms with Crippen LogP contribution in [-0.2, 0) is 14.3 Å². The zero-order valence-electron chi connectivity index (χ0n) is 17.5. The van der Waals surface area contributed by atoms with Crippen LogP contribution in [0.25, 0.3) is 6.08 Å². The van der Waals surface area contributed by atoms with Gasteiger partial charge < -0.3 is 19.6 Å². The molecule has 1 unspecified atom stereocenters. The number of rotatable bonds is 5. The lowest BCUT2D eigenvalue weighted by molar-refractivity contribution is -0.192. The Kier molecular flexibility index (Phi) is 9.14. The van der Waals surface area contributed by atoms with E-state index in [0.29, 0.717) is 25.6 Å². The quantitative estimate of drug-likeness (QED) is 0.668. The molecule has 0 bridgehead atoms. The van der Waals surface area contributed by atoms with E-state index in [-0.39, 0.29) is 11.9 Å². The SMILES string of the molecule is CCN(C)c1ccnc(C2COCCN2C(=O)/C=C/c2cccs2)n1.O=C(O)C(F)(F)F. The normalized spacial score (nSPS) is 16.4. The molecule has 2 aromatic heterocycles. The van der Waals surface area contributed by atoms with Gasteiger partial charge in [-0.3, -0.25) is 4.79 Å². The summed E-state index contributed by atoms with van der Waals surface area (Å²) in [6.45, 7) is 4.40. The van der Waals surface area contributed by atoms with E-state index in [2.05, 4.69) is 16.9 Å². The van der Waals surface area contributed by atoms with E-state index in [0.717, 1.165) is 17.2 Å².